The zero-order chi connectivity index (χ0) is 13.2. The Hall–Kier alpha value is -1.15. The number of aryl methyl sites for hydroxylation is 2. The number of carbonyl (C=O) groups excluding carboxylic acids is 1. The number of ketones is 1. The minimum Gasteiger partial charge on any atom is -0.321 e. The molecule has 0 amide bonds. The maximum atomic E-state index is 12.0. The molecule has 0 heterocycles. The summed E-state index contributed by atoms with van der Waals surface area (Å²) >= 11 is 0. The molecule has 0 bridgehead atoms. The Balaban J connectivity index is 2.78. The van der Waals surface area contributed by atoms with Crippen LogP contribution in [0.4, 0.5) is 0 Å². The molecule has 1 atom stereocenters. The van der Waals surface area contributed by atoms with Crippen LogP contribution in [-0.2, 0) is 11.2 Å². The molecule has 1 unspecified atom stereocenters. The molecule has 0 aromatic heterocycles. The summed E-state index contributed by atoms with van der Waals surface area (Å²) in [6.07, 6.45) is 0.430. The van der Waals surface area contributed by atoms with E-state index in [1.165, 1.54) is 11.1 Å². The molecule has 0 aliphatic rings. The first-order valence-electron chi connectivity index (χ1n) is 6.06. The van der Waals surface area contributed by atoms with E-state index in [1.54, 1.807) is 0 Å². The van der Waals surface area contributed by atoms with E-state index in [9.17, 15) is 4.79 Å². The standard InChI is InChI=1S/C15H23NO/c1-10-6-7-12(8-11(10)2)9-13(17)14(16)15(3,4)5/h6-8,14H,9,16H2,1-5H3. The lowest BCUT2D eigenvalue weighted by atomic mass is 9.83. The number of hydrogen-bond donors (Lipinski definition) is 1. The molecule has 2 N–H and O–H groups in total. The van der Waals surface area contributed by atoms with Gasteiger partial charge in [0, 0.05) is 6.42 Å². The summed E-state index contributed by atoms with van der Waals surface area (Å²) in [4.78, 5) is 12.0. The van der Waals surface area contributed by atoms with Crippen molar-refractivity contribution in [1.29, 1.82) is 0 Å². The number of rotatable bonds is 3. The normalized spacial score (nSPS) is 13.5. The van der Waals surface area contributed by atoms with E-state index >= 15 is 0 Å². The second kappa shape index (κ2) is 5.01. The van der Waals surface area contributed by atoms with Gasteiger partial charge in [-0.2, -0.15) is 0 Å². The predicted octanol–water partition coefficient (Wildman–Crippen LogP) is 2.79. The number of hydrogen-bond acceptors (Lipinski definition) is 2. The third-order valence-corrected chi connectivity index (χ3v) is 3.23. The molecule has 0 aliphatic carbocycles. The van der Waals surface area contributed by atoms with Gasteiger partial charge in [-0.15, -0.1) is 0 Å². The third-order valence-electron chi connectivity index (χ3n) is 3.23. The maximum absolute atomic E-state index is 12.0. The van der Waals surface area contributed by atoms with Crippen molar-refractivity contribution >= 4 is 5.78 Å². The van der Waals surface area contributed by atoms with Crippen LogP contribution in [0.5, 0.6) is 0 Å². The van der Waals surface area contributed by atoms with Crippen LogP contribution in [0.2, 0.25) is 0 Å². The van der Waals surface area contributed by atoms with Crippen molar-refractivity contribution in [3.8, 4) is 0 Å². The van der Waals surface area contributed by atoms with Crippen LogP contribution in [0.1, 0.15) is 37.5 Å². The number of carbonyl (C=O) groups is 1. The van der Waals surface area contributed by atoms with Crippen molar-refractivity contribution in [2.24, 2.45) is 11.1 Å². The molecule has 94 valence electrons. The Morgan fingerprint density at radius 1 is 1.24 bits per heavy atom. The first kappa shape index (κ1) is 13.9. The highest BCUT2D eigenvalue weighted by Gasteiger charge is 2.27. The molecular formula is C15H23NO. The largest absolute Gasteiger partial charge is 0.321 e. The Kier molecular flexibility index (Phi) is 4.10. The molecule has 0 spiro atoms. The first-order valence-corrected chi connectivity index (χ1v) is 6.06. The molecule has 17 heavy (non-hydrogen) atoms. The minimum atomic E-state index is -0.399. The average Bonchev–Trinajstić information content (AvgIpc) is 2.21. The average molecular weight is 233 g/mol. The molecule has 0 aliphatic heterocycles. The van der Waals surface area contributed by atoms with E-state index in [1.807, 2.05) is 26.8 Å². The molecular weight excluding hydrogens is 210 g/mol. The van der Waals surface area contributed by atoms with E-state index in [2.05, 4.69) is 26.0 Å². The van der Waals surface area contributed by atoms with Crippen molar-refractivity contribution in [3.05, 3.63) is 34.9 Å². The fourth-order valence-corrected chi connectivity index (χ4v) is 1.71. The van der Waals surface area contributed by atoms with Crippen LogP contribution < -0.4 is 5.73 Å². The Morgan fingerprint density at radius 2 is 1.82 bits per heavy atom. The van der Waals surface area contributed by atoms with Crippen molar-refractivity contribution < 1.29 is 4.79 Å². The monoisotopic (exact) mass is 233 g/mol. The van der Waals surface area contributed by atoms with E-state index in [0.29, 0.717) is 6.42 Å². The summed E-state index contributed by atoms with van der Waals surface area (Å²) in [5.41, 5.74) is 9.32. The van der Waals surface area contributed by atoms with Gasteiger partial charge in [-0.3, -0.25) is 4.79 Å². The summed E-state index contributed by atoms with van der Waals surface area (Å²) < 4.78 is 0. The second-order valence-corrected chi connectivity index (χ2v) is 5.91. The SMILES string of the molecule is Cc1ccc(CC(=O)C(N)C(C)(C)C)cc1C. The second-order valence-electron chi connectivity index (χ2n) is 5.91. The predicted molar refractivity (Wildman–Crippen MR) is 72.1 cm³/mol. The fraction of sp³-hybridized carbons (Fsp3) is 0.533. The summed E-state index contributed by atoms with van der Waals surface area (Å²) in [6.45, 7) is 10.1. The summed E-state index contributed by atoms with van der Waals surface area (Å²) in [6, 6.07) is 5.74. The lowest BCUT2D eigenvalue weighted by molar-refractivity contribution is -0.121. The van der Waals surface area contributed by atoms with Crippen LogP contribution in [-0.4, -0.2) is 11.8 Å². The molecule has 1 aromatic carbocycles. The lowest BCUT2D eigenvalue weighted by Gasteiger charge is -2.25. The van der Waals surface area contributed by atoms with Gasteiger partial charge in [-0.1, -0.05) is 39.0 Å². The van der Waals surface area contributed by atoms with Gasteiger partial charge >= 0.3 is 0 Å². The van der Waals surface area contributed by atoms with Gasteiger partial charge < -0.3 is 5.73 Å². The number of Topliss-reactive ketones (excluding diaryl/α,β-unsaturated/α-hetero) is 1. The quantitative estimate of drug-likeness (QED) is 0.872. The molecule has 0 saturated carbocycles. The van der Waals surface area contributed by atoms with Gasteiger partial charge in [0.15, 0.2) is 5.78 Å². The molecule has 0 fully saturated rings. The summed E-state index contributed by atoms with van der Waals surface area (Å²) in [5.74, 6) is 0.112. The molecule has 0 saturated heterocycles. The summed E-state index contributed by atoms with van der Waals surface area (Å²) in [7, 11) is 0. The lowest BCUT2D eigenvalue weighted by Crippen LogP contribution is -2.43. The van der Waals surface area contributed by atoms with Gasteiger partial charge in [-0.25, -0.2) is 0 Å². The highest BCUT2D eigenvalue weighted by atomic mass is 16.1. The van der Waals surface area contributed by atoms with E-state index < -0.39 is 6.04 Å². The zero-order valence-electron chi connectivity index (χ0n) is 11.5. The van der Waals surface area contributed by atoms with Crippen LogP contribution in [0.3, 0.4) is 0 Å². The highest BCUT2D eigenvalue weighted by molar-refractivity contribution is 5.86. The van der Waals surface area contributed by atoms with E-state index in [-0.39, 0.29) is 11.2 Å². The Labute approximate surface area is 104 Å². The summed E-state index contributed by atoms with van der Waals surface area (Å²) in [5, 5.41) is 0. The van der Waals surface area contributed by atoms with Gasteiger partial charge in [0.2, 0.25) is 0 Å². The molecule has 0 radical (unpaired) electrons. The first-order chi connectivity index (χ1) is 7.71. The highest BCUT2D eigenvalue weighted by Crippen LogP contribution is 2.20. The van der Waals surface area contributed by atoms with Gasteiger partial charge in [0.05, 0.1) is 6.04 Å². The van der Waals surface area contributed by atoms with Crippen molar-refractivity contribution in [1.82, 2.24) is 0 Å². The third kappa shape index (κ3) is 3.67. The number of benzene rings is 1. The number of nitrogens with two attached hydrogens (primary N) is 1. The molecule has 2 nitrogen and oxygen atoms in total. The van der Waals surface area contributed by atoms with Crippen LogP contribution in [0.15, 0.2) is 18.2 Å². The maximum Gasteiger partial charge on any atom is 0.154 e. The molecule has 1 aromatic rings. The van der Waals surface area contributed by atoms with Gasteiger partial charge in [0.1, 0.15) is 0 Å². The topological polar surface area (TPSA) is 43.1 Å². The molecule has 1 rings (SSSR count). The van der Waals surface area contributed by atoms with Crippen LogP contribution in [0.25, 0.3) is 0 Å². The van der Waals surface area contributed by atoms with Crippen LogP contribution in [0, 0.1) is 19.3 Å². The Bertz CT molecular complexity index is 415. The smallest absolute Gasteiger partial charge is 0.154 e. The van der Waals surface area contributed by atoms with Gasteiger partial charge in [-0.05, 0) is 36.0 Å². The van der Waals surface area contributed by atoms with Crippen molar-refractivity contribution in [3.63, 3.8) is 0 Å². The minimum absolute atomic E-state index is 0.112. The Morgan fingerprint density at radius 3 is 2.29 bits per heavy atom. The zero-order valence-corrected chi connectivity index (χ0v) is 11.5. The van der Waals surface area contributed by atoms with E-state index in [0.717, 1.165) is 5.56 Å². The van der Waals surface area contributed by atoms with Gasteiger partial charge in [0.25, 0.3) is 0 Å². The van der Waals surface area contributed by atoms with Crippen molar-refractivity contribution in [2.45, 2.75) is 47.1 Å². The van der Waals surface area contributed by atoms with E-state index in [4.69, 9.17) is 5.73 Å². The van der Waals surface area contributed by atoms with Crippen LogP contribution >= 0.6 is 0 Å². The van der Waals surface area contributed by atoms with Crippen molar-refractivity contribution in [2.75, 3.05) is 0 Å². The fourth-order valence-electron chi connectivity index (χ4n) is 1.71. The molecule has 2 heteroatoms.